The van der Waals surface area contributed by atoms with Crippen molar-refractivity contribution in [3.63, 3.8) is 0 Å². The monoisotopic (exact) mass is 322 g/mol. The Morgan fingerprint density at radius 3 is 2.29 bits per heavy atom. The molecule has 1 aromatic heterocycles. The van der Waals surface area contributed by atoms with Crippen LogP contribution in [0, 0.1) is 6.92 Å². The van der Waals surface area contributed by atoms with Gasteiger partial charge >= 0.3 is 0 Å². The van der Waals surface area contributed by atoms with Crippen LogP contribution >= 0.6 is 0 Å². The van der Waals surface area contributed by atoms with E-state index < -0.39 is 0 Å². The summed E-state index contributed by atoms with van der Waals surface area (Å²) in [5.74, 6) is 0.490. The molecule has 6 nitrogen and oxygen atoms in total. The Balaban J connectivity index is 1.73. The summed E-state index contributed by atoms with van der Waals surface area (Å²) >= 11 is 0. The molecule has 0 aliphatic carbocycles. The molecule has 6 heteroatoms. The summed E-state index contributed by atoms with van der Waals surface area (Å²) in [6, 6.07) is 15.8. The summed E-state index contributed by atoms with van der Waals surface area (Å²) < 4.78 is 1.74. The van der Waals surface area contributed by atoms with Crippen molar-refractivity contribution < 1.29 is 0 Å². The van der Waals surface area contributed by atoms with Crippen molar-refractivity contribution in [2.24, 2.45) is 0 Å². The zero-order valence-electron chi connectivity index (χ0n) is 13.7. The molecule has 0 saturated carbocycles. The maximum absolute atomic E-state index is 6.10. The lowest BCUT2D eigenvalue weighted by Crippen LogP contribution is -2.07. The van der Waals surface area contributed by atoms with E-state index in [0.717, 1.165) is 22.6 Å². The second kappa shape index (κ2) is 6.54. The smallest absolute Gasteiger partial charge is 0.145 e. The van der Waals surface area contributed by atoms with Crippen molar-refractivity contribution in [2.45, 2.75) is 20.0 Å². The topological polar surface area (TPSA) is 108 Å². The normalized spacial score (nSPS) is 10.7. The molecule has 124 valence electrons. The molecule has 1 heterocycles. The molecule has 0 bridgehead atoms. The van der Waals surface area contributed by atoms with Crippen LogP contribution in [-0.4, -0.2) is 9.78 Å². The lowest BCUT2D eigenvalue weighted by molar-refractivity contribution is 0.683. The zero-order chi connectivity index (χ0) is 17.1. The van der Waals surface area contributed by atoms with Crippen LogP contribution in [0.3, 0.4) is 0 Å². The molecule has 0 aliphatic rings. The number of nitrogen functional groups attached to an aromatic ring is 3. The summed E-state index contributed by atoms with van der Waals surface area (Å²) in [6.45, 7) is 3.16. The van der Waals surface area contributed by atoms with Crippen molar-refractivity contribution in [2.75, 3.05) is 22.5 Å². The molecule has 2 aromatic carbocycles. The zero-order valence-corrected chi connectivity index (χ0v) is 13.7. The van der Waals surface area contributed by atoms with Crippen LogP contribution in [0.4, 0.5) is 22.9 Å². The molecule has 0 radical (unpaired) electrons. The van der Waals surface area contributed by atoms with Gasteiger partial charge in [0.05, 0.1) is 18.8 Å². The maximum atomic E-state index is 6.10. The Labute approximate surface area is 141 Å². The van der Waals surface area contributed by atoms with Crippen molar-refractivity contribution in [3.8, 4) is 0 Å². The molecule has 0 fully saturated rings. The number of hydrogen-bond acceptors (Lipinski definition) is 5. The van der Waals surface area contributed by atoms with E-state index in [1.54, 1.807) is 4.68 Å². The van der Waals surface area contributed by atoms with Crippen LogP contribution in [0.25, 0.3) is 0 Å². The van der Waals surface area contributed by atoms with Gasteiger partial charge in [-0.15, -0.1) is 0 Å². The van der Waals surface area contributed by atoms with Gasteiger partial charge in [-0.2, -0.15) is 5.10 Å². The number of nitrogens with one attached hydrogen (secondary N) is 1. The third-order valence-electron chi connectivity index (χ3n) is 3.93. The molecule has 0 unspecified atom stereocenters. The van der Waals surface area contributed by atoms with Crippen molar-refractivity contribution in [3.05, 3.63) is 65.4 Å². The quantitative estimate of drug-likeness (QED) is 0.540. The van der Waals surface area contributed by atoms with E-state index in [1.807, 2.05) is 24.3 Å². The van der Waals surface area contributed by atoms with E-state index in [1.165, 1.54) is 5.56 Å². The average Bonchev–Trinajstić information content (AvgIpc) is 2.84. The van der Waals surface area contributed by atoms with Gasteiger partial charge in [0.25, 0.3) is 0 Å². The highest BCUT2D eigenvalue weighted by molar-refractivity contribution is 5.63. The second-order valence-corrected chi connectivity index (χ2v) is 5.86. The summed E-state index contributed by atoms with van der Waals surface area (Å²) in [4.78, 5) is 0. The largest absolute Gasteiger partial charge is 0.399 e. The van der Waals surface area contributed by atoms with Crippen LogP contribution in [0.15, 0.2) is 48.5 Å². The van der Waals surface area contributed by atoms with Gasteiger partial charge in [0.2, 0.25) is 0 Å². The number of aromatic nitrogens is 2. The Hall–Kier alpha value is -3.15. The van der Waals surface area contributed by atoms with Crippen LogP contribution in [0.5, 0.6) is 0 Å². The first-order chi connectivity index (χ1) is 11.5. The Morgan fingerprint density at radius 1 is 0.958 bits per heavy atom. The average molecular weight is 322 g/mol. The first-order valence-electron chi connectivity index (χ1n) is 7.78. The molecular formula is C18H22N6. The van der Waals surface area contributed by atoms with E-state index in [2.05, 4.69) is 41.6 Å². The molecule has 0 saturated heterocycles. The van der Waals surface area contributed by atoms with E-state index >= 15 is 0 Å². The van der Waals surface area contributed by atoms with Gasteiger partial charge in [0.1, 0.15) is 11.5 Å². The molecule has 7 N–H and O–H groups in total. The molecule has 0 spiro atoms. The minimum atomic E-state index is 0.490. The summed E-state index contributed by atoms with van der Waals surface area (Å²) in [5.41, 5.74) is 23.2. The van der Waals surface area contributed by atoms with Crippen molar-refractivity contribution in [1.29, 1.82) is 0 Å². The molecule has 0 atom stereocenters. The van der Waals surface area contributed by atoms with Crippen molar-refractivity contribution >= 4 is 22.9 Å². The number of nitrogens with zero attached hydrogens (tertiary/aromatic N) is 2. The van der Waals surface area contributed by atoms with Gasteiger partial charge in [0, 0.05) is 11.4 Å². The number of hydrogen-bond donors (Lipinski definition) is 4. The van der Waals surface area contributed by atoms with E-state index in [9.17, 15) is 0 Å². The number of nitrogens with two attached hydrogens (primary N) is 3. The van der Waals surface area contributed by atoms with Gasteiger partial charge in [-0.05, 0) is 36.8 Å². The third-order valence-corrected chi connectivity index (χ3v) is 3.93. The van der Waals surface area contributed by atoms with Gasteiger partial charge in [-0.3, -0.25) is 0 Å². The predicted molar refractivity (Wildman–Crippen MR) is 99.5 cm³/mol. The fourth-order valence-electron chi connectivity index (χ4n) is 2.44. The van der Waals surface area contributed by atoms with Crippen LogP contribution < -0.4 is 22.5 Å². The molecule has 0 aliphatic heterocycles. The maximum Gasteiger partial charge on any atom is 0.145 e. The number of anilines is 4. The predicted octanol–water partition coefficient (Wildman–Crippen LogP) is 2.60. The van der Waals surface area contributed by atoms with Crippen LogP contribution in [0.1, 0.15) is 16.8 Å². The molecule has 0 amide bonds. The molecule has 3 rings (SSSR count). The number of aryl methyl sites for hydroxylation is 1. The molecule has 24 heavy (non-hydrogen) atoms. The second-order valence-electron chi connectivity index (χ2n) is 5.86. The number of benzene rings is 2. The highest BCUT2D eigenvalue weighted by Gasteiger charge is 2.12. The van der Waals surface area contributed by atoms with E-state index in [0.29, 0.717) is 24.6 Å². The van der Waals surface area contributed by atoms with Crippen LogP contribution in [0.2, 0.25) is 0 Å². The van der Waals surface area contributed by atoms with E-state index in [4.69, 9.17) is 17.2 Å². The summed E-state index contributed by atoms with van der Waals surface area (Å²) in [5, 5.41) is 7.81. The number of rotatable bonds is 5. The van der Waals surface area contributed by atoms with E-state index in [-0.39, 0.29) is 0 Å². The molecular weight excluding hydrogens is 300 g/mol. The summed E-state index contributed by atoms with van der Waals surface area (Å²) in [6.07, 6.45) is 0. The van der Waals surface area contributed by atoms with Crippen molar-refractivity contribution in [1.82, 2.24) is 9.78 Å². The van der Waals surface area contributed by atoms with Gasteiger partial charge in [0.15, 0.2) is 0 Å². The highest BCUT2D eigenvalue weighted by Crippen LogP contribution is 2.22. The SMILES string of the molecule is Cc1ccc(Cn2nc(CNc3ccc(N)cc3)c(N)c2N)cc1. The first-order valence-corrected chi connectivity index (χ1v) is 7.78. The Kier molecular flexibility index (Phi) is 4.29. The minimum absolute atomic E-state index is 0.490. The fourth-order valence-corrected chi connectivity index (χ4v) is 2.44. The Bertz CT molecular complexity index is 818. The van der Waals surface area contributed by atoms with Gasteiger partial charge < -0.3 is 22.5 Å². The highest BCUT2D eigenvalue weighted by atomic mass is 15.3. The Morgan fingerprint density at radius 2 is 1.62 bits per heavy atom. The molecule has 3 aromatic rings. The fraction of sp³-hybridized carbons (Fsp3) is 0.167. The minimum Gasteiger partial charge on any atom is -0.399 e. The van der Waals surface area contributed by atoms with Gasteiger partial charge in [-0.25, -0.2) is 4.68 Å². The standard InChI is InChI=1S/C18H22N6/c1-12-2-4-13(5-3-12)11-24-18(21)17(20)16(23-24)10-22-15-8-6-14(19)7-9-15/h2-9,22H,10-11,19-21H2,1H3. The van der Waals surface area contributed by atoms with Crippen LogP contribution in [-0.2, 0) is 13.1 Å². The lowest BCUT2D eigenvalue weighted by atomic mass is 10.1. The summed E-state index contributed by atoms with van der Waals surface area (Å²) in [7, 11) is 0. The van der Waals surface area contributed by atoms with Gasteiger partial charge in [-0.1, -0.05) is 29.8 Å². The first kappa shape index (κ1) is 15.7. The third kappa shape index (κ3) is 3.43. The lowest BCUT2D eigenvalue weighted by Gasteiger charge is -2.05.